The Balaban J connectivity index is 1.70. The lowest BCUT2D eigenvalue weighted by molar-refractivity contribution is 0.628. The van der Waals surface area contributed by atoms with Gasteiger partial charge >= 0.3 is 0 Å². The predicted octanol–water partition coefficient (Wildman–Crippen LogP) is 4.86. The van der Waals surface area contributed by atoms with Crippen molar-refractivity contribution < 1.29 is 4.39 Å². The van der Waals surface area contributed by atoms with Crippen LogP contribution in [0.4, 0.5) is 4.39 Å². The van der Waals surface area contributed by atoms with Crippen LogP contribution in [0.15, 0.2) is 89.9 Å². The molecule has 0 unspecified atom stereocenters. The van der Waals surface area contributed by atoms with Crippen LogP contribution in [0.25, 0.3) is 21.9 Å². The summed E-state index contributed by atoms with van der Waals surface area (Å²) in [6.45, 7) is 0.499. The maximum absolute atomic E-state index is 13.1. The number of halogens is 1. The van der Waals surface area contributed by atoms with Crippen LogP contribution in [0.5, 0.6) is 0 Å². The lowest BCUT2D eigenvalue weighted by Gasteiger charge is -2.10. The summed E-state index contributed by atoms with van der Waals surface area (Å²) in [6, 6.07) is 24.0. The predicted molar refractivity (Wildman–Crippen MR) is 99.1 cm³/mol. The number of nitrogens with zero attached hydrogens (tertiary/aromatic N) is 1. The van der Waals surface area contributed by atoms with E-state index in [-0.39, 0.29) is 11.4 Å². The van der Waals surface area contributed by atoms with Gasteiger partial charge < -0.3 is 4.57 Å². The van der Waals surface area contributed by atoms with Crippen LogP contribution in [0.2, 0.25) is 0 Å². The van der Waals surface area contributed by atoms with Gasteiger partial charge in [-0.05, 0) is 51.7 Å². The highest BCUT2D eigenvalue weighted by Crippen LogP contribution is 2.19. The van der Waals surface area contributed by atoms with Gasteiger partial charge in [0.25, 0.3) is 5.56 Å². The van der Waals surface area contributed by atoms with E-state index in [1.807, 2.05) is 24.4 Å². The Morgan fingerprint density at radius 3 is 2.28 bits per heavy atom. The molecule has 3 heteroatoms. The van der Waals surface area contributed by atoms with Gasteiger partial charge in [0.2, 0.25) is 0 Å². The fourth-order valence-corrected chi connectivity index (χ4v) is 3.00. The molecule has 0 aliphatic rings. The van der Waals surface area contributed by atoms with Gasteiger partial charge in [-0.2, -0.15) is 0 Å². The van der Waals surface area contributed by atoms with Crippen molar-refractivity contribution in [3.63, 3.8) is 0 Å². The molecular formula is C22H16FNO. The molecule has 1 aromatic heterocycles. The summed E-state index contributed by atoms with van der Waals surface area (Å²) < 4.78 is 14.8. The third-order valence-electron chi connectivity index (χ3n) is 4.33. The van der Waals surface area contributed by atoms with E-state index in [9.17, 15) is 9.18 Å². The first-order valence-electron chi connectivity index (χ1n) is 8.13. The molecule has 0 saturated heterocycles. The van der Waals surface area contributed by atoms with Gasteiger partial charge in [-0.3, -0.25) is 4.79 Å². The van der Waals surface area contributed by atoms with Gasteiger partial charge in [0, 0.05) is 12.3 Å². The van der Waals surface area contributed by atoms with Gasteiger partial charge in [-0.25, -0.2) is 4.39 Å². The molecule has 0 bridgehead atoms. The Morgan fingerprint density at radius 2 is 1.48 bits per heavy atom. The highest BCUT2D eigenvalue weighted by molar-refractivity contribution is 5.83. The number of hydrogen-bond acceptors (Lipinski definition) is 1. The molecule has 3 aromatic carbocycles. The van der Waals surface area contributed by atoms with E-state index in [4.69, 9.17) is 0 Å². The Labute approximate surface area is 144 Å². The lowest BCUT2D eigenvalue weighted by Crippen LogP contribution is -2.19. The molecule has 0 aliphatic heterocycles. The van der Waals surface area contributed by atoms with E-state index in [0.717, 1.165) is 22.1 Å². The molecule has 25 heavy (non-hydrogen) atoms. The topological polar surface area (TPSA) is 22.0 Å². The minimum absolute atomic E-state index is 0.0565. The van der Waals surface area contributed by atoms with Gasteiger partial charge in [0.05, 0.1) is 6.54 Å². The molecule has 0 radical (unpaired) electrons. The lowest BCUT2D eigenvalue weighted by atomic mass is 10.1. The van der Waals surface area contributed by atoms with E-state index < -0.39 is 0 Å². The van der Waals surface area contributed by atoms with Crippen molar-refractivity contribution in [3.05, 3.63) is 107 Å². The smallest absolute Gasteiger partial charge is 0.250 e. The van der Waals surface area contributed by atoms with Crippen LogP contribution in [-0.4, -0.2) is 4.57 Å². The molecular weight excluding hydrogens is 313 g/mol. The zero-order valence-electron chi connectivity index (χ0n) is 13.5. The molecule has 0 aliphatic carbocycles. The second-order valence-electron chi connectivity index (χ2n) is 6.07. The van der Waals surface area contributed by atoms with Gasteiger partial charge in [0.15, 0.2) is 0 Å². The summed E-state index contributed by atoms with van der Waals surface area (Å²) in [6.07, 6.45) is 1.82. The highest BCUT2D eigenvalue weighted by Gasteiger charge is 2.04. The second kappa shape index (κ2) is 6.36. The van der Waals surface area contributed by atoms with Crippen LogP contribution in [0.3, 0.4) is 0 Å². The van der Waals surface area contributed by atoms with Gasteiger partial charge in [0.1, 0.15) is 5.82 Å². The number of benzene rings is 3. The van der Waals surface area contributed by atoms with Crippen molar-refractivity contribution in [2.75, 3.05) is 0 Å². The molecule has 4 rings (SSSR count). The van der Waals surface area contributed by atoms with Crippen molar-refractivity contribution in [2.45, 2.75) is 6.54 Å². The monoisotopic (exact) mass is 329 g/mol. The van der Waals surface area contributed by atoms with E-state index >= 15 is 0 Å². The van der Waals surface area contributed by atoms with Gasteiger partial charge in [-0.15, -0.1) is 0 Å². The first-order chi connectivity index (χ1) is 12.2. The number of hydrogen-bond donors (Lipinski definition) is 0. The Hall–Kier alpha value is -3.20. The third kappa shape index (κ3) is 3.22. The molecule has 1 heterocycles. The SMILES string of the molecule is O=c1ccc(-c2ccc(F)cc2)cn1Cc1ccc2ccccc2c1. The molecule has 0 spiro atoms. The van der Waals surface area contributed by atoms with Crippen molar-refractivity contribution in [3.8, 4) is 11.1 Å². The number of pyridine rings is 1. The van der Waals surface area contributed by atoms with E-state index in [2.05, 4.69) is 24.3 Å². The minimum atomic E-state index is -0.270. The van der Waals surface area contributed by atoms with Crippen LogP contribution in [0, 0.1) is 5.82 Å². The standard InChI is InChI=1S/C22H16FNO/c23-21-10-7-18(8-11-21)20-9-12-22(25)24(15-20)14-16-5-6-17-3-1-2-4-19(17)13-16/h1-13,15H,14H2. The molecule has 4 aromatic rings. The van der Waals surface area contributed by atoms with Crippen molar-refractivity contribution in [2.24, 2.45) is 0 Å². The molecule has 0 N–H and O–H groups in total. The summed E-state index contributed by atoms with van der Waals surface area (Å²) in [5.41, 5.74) is 2.78. The molecule has 122 valence electrons. The number of fused-ring (bicyclic) bond motifs is 1. The molecule has 2 nitrogen and oxygen atoms in total. The molecule has 0 atom stereocenters. The maximum atomic E-state index is 13.1. The Kier molecular flexibility index (Phi) is 3.90. The first-order valence-corrected chi connectivity index (χ1v) is 8.13. The van der Waals surface area contributed by atoms with Crippen molar-refractivity contribution in [1.82, 2.24) is 4.57 Å². The van der Waals surface area contributed by atoms with Gasteiger partial charge in [-0.1, -0.05) is 48.5 Å². The number of aromatic nitrogens is 1. The highest BCUT2D eigenvalue weighted by atomic mass is 19.1. The molecule has 0 saturated carbocycles. The third-order valence-corrected chi connectivity index (χ3v) is 4.33. The first kappa shape index (κ1) is 15.3. The zero-order valence-corrected chi connectivity index (χ0v) is 13.5. The summed E-state index contributed by atoms with van der Waals surface area (Å²) >= 11 is 0. The van der Waals surface area contributed by atoms with Crippen LogP contribution >= 0.6 is 0 Å². The van der Waals surface area contributed by atoms with Crippen LogP contribution < -0.4 is 5.56 Å². The molecule has 0 amide bonds. The summed E-state index contributed by atoms with van der Waals surface area (Å²) in [4.78, 5) is 12.2. The maximum Gasteiger partial charge on any atom is 0.250 e. The quantitative estimate of drug-likeness (QED) is 0.526. The Bertz CT molecular complexity index is 1100. The summed E-state index contributed by atoms with van der Waals surface area (Å²) in [5.74, 6) is -0.270. The fourth-order valence-electron chi connectivity index (χ4n) is 3.00. The fraction of sp³-hybridized carbons (Fsp3) is 0.0455. The van der Waals surface area contributed by atoms with Crippen molar-refractivity contribution in [1.29, 1.82) is 0 Å². The largest absolute Gasteiger partial charge is 0.310 e. The second-order valence-corrected chi connectivity index (χ2v) is 6.07. The van der Waals surface area contributed by atoms with Crippen LogP contribution in [0.1, 0.15) is 5.56 Å². The Morgan fingerprint density at radius 1 is 0.760 bits per heavy atom. The minimum Gasteiger partial charge on any atom is -0.310 e. The normalized spacial score (nSPS) is 10.9. The summed E-state index contributed by atoms with van der Waals surface area (Å²) in [5, 5.41) is 2.33. The van der Waals surface area contributed by atoms with E-state index in [1.54, 1.807) is 28.8 Å². The van der Waals surface area contributed by atoms with Crippen LogP contribution in [-0.2, 0) is 6.54 Å². The summed E-state index contributed by atoms with van der Waals surface area (Å²) in [7, 11) is 0. The molecule has 0 fully saturated rings. The average Bonchev–Trinajstić information content (AvgIpc) is 2.64. The van der Waals surface area contributed by atoms with E-state index in [1.165, 1.54) is 17.5 Å². The average molecular weight is 329 g/mol. The van der Waals surface area contributed by atoms with E-state index in [0.29, 0.717) is 6.54 Å². The zero-order chi connectivity index (χ0) is 17.2. The van der Waals surface area contributed by atoms with Crippen molar-refractivity contribution >= 4 is 10.8 Å². The number of rotatable bonds is 3.